The van der Waals surface area contributed by atoms with Crippen LogP contribution in [0.25, 0.3) is 10.8 Å². The molecule has 0 saturated heterocycles. The van der Waals surface area contributed by atoms with E-state index in [-0.39, 0.29) is 18.4 Å². The molecule has 1 aromatic carbocycles. The number of fused-ring (bicyclic) bond motifs is 1. The number of carbonyl (C=O) groups excluding carboxylic acids is 1. The summed E-state index contributed by atoms with van der Waals surface area (Å²) in [5, 5.41) is 5.85. The summed E-state index contributed by atoms with van der Waals surface area (Å²) in [7, 11) is 0. The number of rotatable bonds is 5. The molecule has 1 atom stereocenters. The van der Waals surface area contributed by atoms with Gasteiger partial charge in [-0.15, -0.1) is 11.3 Å². The Kier molecular flexibility index (Phi) is 5.12. The van der Waals surface area contributed by atoms with Gasteiger partial charge in [-0.05, 0) is 68.4 Å². The van der Waals surface area contributed by atoms with Crippen molar-refractivity contribution in [3.8, 4) is 10.8 Å². The van der Waals surface area contributed by atoms with E-state index in [1.807, 2.05) is 31.4 Å². The van der Waals surface area contributed by atoms with Crippen molar-refractivity contribution in [2.24, 2.45) is 0 Å². The Balaban J connectivity index is 1.38. The van der Waals surface area contributed by atoms with Crippen LogP contribution in [0.2, 0.25) is 0 Å². The molecular weight excluding hydrogens is 356 g/mol. The van der Waals surface area contributed by atoms with E-state index in [4.69, 9.17) is 4.42 Å². The van der Waals surface area contributed by atoms with Crippen molar-refractivity contribution >= 4 is 17.2 Å². The minimum absolute atomic E-state index is 0.00411. The normalized spacial score (nSPS) is 14.6. The molecule has 3 aromatic rings. The molecule has 0 saturated carbocycles. The molecule has 0 aliphatic heterocycles. The van der Waals surface area contributed by atoms with Crippen LogP contribution in [-0.4, -0.2) is 10.9 Å². The van der Waals surface area contributed by atoms with E-state index in [1.54, 1.807) is 0 Å². The molecule has 1 N–H and O–H groups in total. The molecule has 27 heavy (non-hydrogen) atoms. The molecule has 4 nitrogen and oxygen atoms in total. The Hall–Kier alpha value is -2.40. The third kappa shape index (κ3) is 4.14. The van der Waals surface area contributed by atoms with Gasteiger partial charge in [0.2, 0.25) is 5.91 Å². The molecule has 4 rings (SSSR count). The summed E-state index contributed by atoms with van der Waals surface area (Å²) < 4.78 is 5.60. The quantitative estimate of drug-likeness (QED) is 0.677. The highest BCUT2D eigenvalue weighted by Crippen LogP contribution is 2.26. The van der Waals surface area contributed by atoms with Gasteiger partial charge < -0.3 is 9.73 Å². The highest BCUT2D eigenvalue weighted by Gasteiger charge is 2.16. The van der Waals surface area contributed by atoms with E-state index >= 15 is 0 Å². The van der Waals surface area contributed by atoms with Crippen molar-refractivity contribution in [1.82, 2.24) is 10.3 Å². The lowest BCUT2D eigenvalue weighted by atomic mass is 9.89. The number of amides is 1. The molecule has 1 unspecified atom stereocenters. The highest BCUT2D eigenvalue weighted by molar-refractivity contribution is 7.13. The highest BCUT2D eigenvalue weighted by atomic mass is 32.1. The van der Waals surface area contributed by atoms with Crippen LogP contribution in [0.4, 0.5) is 0 Å². The lowest BCUT2D eigenvalue weighted by Crippen LogP contribution is -2.28. The van der Waals surface area contributed by atoms with Crippen LogP contribution in [-0.2, 0) is 24.1 Å². The number of aromatic nitrogens is 1. The fraction of sp³-hybridized carbons (Fsp3) is 0.364. The monoisotopic (exact) mass is 380 g/mol. The maximum atomic E-state index is 12.5. The van der Waals surface area contributed by atoms with Gasteiger partial charge >= 0.3 is 0 Å². The van der Waals surface area contributed by atoms with Gasteiger partial charge in [0.15, 0.2) is 10.8 Å². The Bertz CT molecular complexity index is 957. The van der Waals surface area contributed by atoms with E-state index in [0.29, 0.717) is 0 Å². The van der Waals surface area contributed by atoms with Gasteiger partial charge in [-0.25, -0.2) is 4.98 Å². The first kappa shape index (κ1) is 18.0. The van der Waals surface area contributed by atoms with Gasteiger partial charge in [0, 0.05) is 5.38 Å². The van der Waals surface area contributed by atoms with Crippen LogP contribution in [0.1, 0.15) is 54.0 Å². The van der Waals surface area contributed by atoms with Crippen LogP contribution in [0, 0.1) is 6.92 Å². The number of hydrogen-bond acceptors (Lipinski definition) is 4. The first-order valence-corrected chi connectivity index (χ1v) is 10.4. The predicted molar refractivity (Wildman–Crippen MR) is 108 cm³/mol. The van der Waals surface area contributed by atoms with Crippen molar-refractivity contribution in [2.45, 2.75) is 52.0 Å². The number of hydrogen-bond donors (Lipinski definition) is 1. The van der Waals surface area contributed by atoms with Gasteiger partial charge in [0.05, 0.1) is 18.2 Å². The van der Waals surface area contributed by atoms with Gasteiger partial charge in [0.1, 0.15) is 5.76 Å². The van der Waals surface area contributed by atoms with Gasteiger partial charge in [-0.3, -0.25) is 4.79 Å². The standard InChI is InChI=1S/C22H24N2O2S/c1-14-7-10-20(26-14)22-24-19(13-27-22)12-21(25)23-15(2)17-9-8-16-5-3-4-6-18(16)11-17/h7-11,13,15H,3-6,12H2,1-2H3,(H,23,25). The number of benzene rings is 1. The number of nitrogens with zero attached hydrogens (tertiary/aromatic N) is 1. The second-order valence-electron chi connectivity index (χ2n) is 7.26. The lowest BCUT2D eigenvalue weighted by molar-refractivity contribution is -0.121. The molecule has 140 valence electrons. The number of nitrogens with one attached hydrogen (secondary N) is 1. The Morgan fingerprint density at radius 3 is 2.81 bits per heavy atom. The van der Waals surface area contributed by atoms with Crippen LogP contribution < -0.4 is 5.32 Å². The number of thiazole rings is 1. The molecule has 0 fully saturated rings. The fourth-order valence-corrected chi connectivity index (χ4v) is 4.39. The van der Waals surface area contributed by atoms with Gasteiger partial charge in [0.25, 0.3) is 0 Å². The molecule has 2 aromatic heterocycles. The summed E-state index contributed by atoms with van der Waals surface area (Å²) in [6, 6.07) is 10.5. The first-order valence-electron chi connectivity index (χ1n) is 9.51. The van der Waals surface area contributed by atoms with E-state index < -0.39 is 0 Å². The van der Waals surface area contributed by atoms with Crippen LogP contribution in [0.15, 0.2) is 40.1 Å². The Labute approximate surface area is 163 Å². The lowest BCUT2D eigenvalue weighted by Gasteiger charge is -2.20. The second kappa shape index (κ2) is 7.69. The largest absolute Gasteiger partial charge is 0.459 e. The molecule has 1 amide bonds. The minimum atomic E-state index is -0.00676. The van der Waals surface area contributed by atoms with E-state index in [9.17, 15) is 4.79 Å². The molecule has 0 spiro atoms. The second-order valence-corrected chi connectivity index (χ2v) is 8.11. The summed E-state index contributed by atoms with van der Waals surface area (Å²) in [5.74, 6) is 1.61. The summed E-state index contributed by atoms with van der Waals surface area (Å²) in [6.07, 6.45) is 5.16. The van der Waals surface area contributed by atoms with Crippen molar-refractivity contribution in [3.05, 3.63) is 63.9 Å². The molecule has 1 aliphatic rings. The number of furan rings is 1. The van der Waals surface area contributed by atoms with Crippen molar-refractivity contribution in [3.63, 3.8) is 0 Å². The zero-order chi connectivity index (χ0) is 18.8. The van der Waals surface area contributed by atoms with Crippen LogP contribution >= 0.6 is 11.3 Å². The molecule has 1 aliphatic carbocycles. The van der Waals surface area contributed by atoms with E-state index in [0.717, 1.165) is 28.6 Å². The third-order valence-electron chi connectivity index (χ3n) is 5.09. The van der Waals surface area contributed by atoms with Crippen molar-refractivity contribution in [1.29, 1.82) is 0 Å². The summed E-state index contributed by atoms with van der Waals surface area (Å²) in [5.41, 5.74) is 4.86. The molecular formula is C22H24N2O2S. The van der Waals surface area contributed by atoms with Crippen LogP contribution in [0.5, 0.6) is 0 Å². The minimum Gasteiger partial charge on any atom is -0.459 e. The average molecular weight is 381 g/mol. The molecule has 2 heterocycles. The smallest absolute Gasteiger partial charge is 0.226 e. The molecule has 0 bridgehead atoms. The van der Waals surface area contributed by atoms with Crippen molar-refractivity contribution < 1.29 is 9.21 Å². The van der Waals surface area contributed by atoms with E-state index in [2.05, 4.69) is 28.5 Å². The summed E-state index contributed by atoms with van der Waals surface area (Å²) in [6.45, 7) is 3.95. The van der Waals surface area contributed by atoms with E-state index in [1.165, 1.54) is 47.3 Å². The van der Waals surface area contributed by atoms with Crippen molar-refractivity contribution in [2.75, 3.05) is 0 Å². The zero-order valence-electron chi connectivity index (χ0n) is 15.7. The zero-order valence-corrected chi connectivity index (χ0v) is 16.6. The maximum Gasteiger partial charge on any atom is 0.226 e. The summed E-state index contributed by atoms with van der Waals surface area (Å²) >= 11 is 1.50. The maximum absolute atomic E-state index is 12.5. The Morgan fingerprint density at radius 2 is 2.04 bits per heavy atom. The third-order valence-corrected chi connectivity index (χ3v) is 6.00. The molecule has 0 radical (unpaired) electrons. The van der Waals surface area contributed by atoms with Gasteiger partial charge in [-0.2, -0.15) is 0 Å². The topological polar surface area (TPSA) is 55.1 Å². The number of aryl methyl sites for hydroxylation is 3. The van der Waals surface area contributed by atoms with Crippen LogP contribution in [0.3, 0.4) is 0 Å². The summed E-state index contributed by atoms with van der Waals surface area (Å²) in [4.78, 5) is 17.0. The average Bonchev–Trinajstić information content (AvgIpc) is 3.30. The Morgan fingerprint density at radius 1 is 1.22 bits per heavy atom. The number of carbonyl (C=O) groups is 1. The SMILES string of the molecule is Cc1ccc(-c2nc(CC(=O)NC(C)c3ccc4c(c3)CCCC4)cs2)o1. The molecule has 5 heteroatoms. The predicted octanol–water partition coefficient (Wildman–Crippen LogP) is 5.01. The van der Waals surface area contributed by atoms with Gasteiger partial charge in [-0.1, -0.05) is 18.2 Å². The fourth-order valence-electron chi connectivity index (χ4n) is 3.61. The first-order chi connectivity index (χ1) is 13.1.